The van der Waals surface area contributed by atoms with Crippen LogP contribution in [0, 0.1) is 11.3 Å². The van der Waals surface area contributed by atoms with E-state index in [0.717, 1.165) is 25.7 Å². The predicted octanol–water partition coefficient (Wildman–Crippen LogP) is 0.782. The maximum absolute atomic E-state index is 11.9. The number of nitrogens with two attached hydrogens (primary N) is 1. The van der Waals surface area contributed by atoms with Crippen LogP contribution in [0.1, 0.15) is 46.5 Å². The molecule has 1 saturated carbocycles. The van der Waals surface area contributed by atoms with Crippen molar-refractivity contribution in [1.82, 2.24) is 10.6 Å². The number of rotatable bonds is 4. The van der Waals surface area contributed by atoms with Crippen molar-refractivity contribution in [3.05, 3.63) is 0 Å². The average molecular weight is 269 g/mol. The molecular formula is C14H27N3O2. The van der Waals surface area contributed by atoms with Crippen LogP contribution < -0.4 is 16.4 Å². The van der Waals surface area contributed by atoms with E-state index in [-0.39, 0.29) is 29.2 Å². The Balaban J connectivity index is 2.19. The van der Waals surface area contributed by atoms with Gasteiger partial charge in [-0.2, -0.15) is 0 Å². The van der Waals surface area contributed by atoms with Gasteiger partial charge in [0.15, 0.2) is 0 Å². The van der Waals surface area contributed by atoms with Crippen LogP contribution in [0.25, 0.3) is 0 Å². The van der Waals surface area contributed by atoms with Gasteiger partial charge in [-0.3, -0.25) is 9.59 Å². The second-order valence-electron chi connectivity index (χ2n) is 6.42. The molecule has 0 aromatic rings. The fourth-order valence-corrected chi connectivity index (χ4v) is 2.24. The molecule has 2 unspecified atom stereocenters. The van der Waals surface area contributed by atoms with E-state index in [1.165, 1.54) is 0 Å². The molecule has 0 radical (unpaired) electrons. The van der Waals surface area contributed by atoms with Gasteiger partial charge >= 0.3 is 0 Å². The molecule has 5 heteroatoms. The molecule has 0 spiro atoms. The summed E-state index contributed by atoms with van der Waals surface area (Å²) in [4.78, 5) is 23.5. The molecule has 110 valence electrons. The number of carbonyl (C=O) groups excluding carboxylic acids is 2. The van der Waals surface area contributed by atoms with E-state index in [9.17, 15) is 9.59 Å². The molecule has 2 amide bonds. The van der Waals surface area contributed by atoms with Crippen LogP contribution in [0.15, 0.2) is 0 Å². The van der Waals surface area contributed by atoms with Crippen molar-refractivity contribution in [3.63, 3.8) is 0 Å². The van der Waals surface area contributed by atoms with Gasteiger partial charge in [0, 0.05) is 30.5 Å². The molecule has 0 heterocycles. The predicted molar refractivity (Wildman–Crippen MR) is 75.4 cm³/mol. The van der Waals surface area contributed by atoms with E-state index >= 15 is 0 Å². The Kier molecular flexibility index (Phi) is 5.79. The molecule has 19 heavy (non-hydrogen) atoms. The maximum Gasteiger partial charge on any atom is 0.225 e. The van der Waals surface area contributed by atoms with Gasteiger partial charge in [0.25, 0.3) is 0 Å². The number of carbonyl (C=O) groups is 2. The molecular weight excluding hydrogens is 242 g/mol. The van der Waals surface area contributed by atoms with Crippen LogP contribution in [0.2, 0.25) is 0 Å². The van der Waals surface area contributed by atoms with Gasteiger partial charge in [-0.15, -0.1) is 0 Å². The average Bonchev–Trinajstić information content (AvgIpc) is 2.32. The molecule has 0 aromatic heterocycles. The van der Waals surface area contributed by atoms with Crippen molar-refractivity contribution in [3.8, 4) is 0 Å². The number of hydrogen-bond donors (Lipinski definition) is 3. The van der Waals surface area contributed by atoms with E-state index in [4.69, 9.17) is 5.73 Å². The Morgan fingerprint density at radius 3 is 2.37 bits per heavy atom. The SMILES string of the molecule is CC(C)(C)C(=O)NCCNC(=O)C1CCCC(N)C1. The van der Waals surface area contributed by atoms with Crippen LogP contribution in [0.3, 0.4) is 0 Å². The molecule has 1 rings (SSSR count). The van der Waals surface area contributed by atoms with E-state index < -0.39 is 0 Å². The third-order valence-corrected chi connectivity index (χ3v) is 3.48. The van der Waals surface area contributed by atoms with Crippen molar-refractivity contribution in [2.24, 2.45) is 17.1 Å². The minimum atomic E-state index is -0.389. The quantitative estimate of drug-likeness (QED) is 0.659. The van der Waals surface area contributed by atoms with Gasteiger partial charge in [-0.25, -0.2) is 0 Å². The molecule has 0 saturated heterocycles. The number of amides is 2. The van der Waals surface area contributed by atoms with E-state index in [0.29, 0.717) is 13.1 Å². The molecule has 1 fully saturated rings. The van der Waals surface area contributed by atoms with E-state index in [1.807, 2.05) is 20.8 Å². The summed E-state index contributed by atoms with van der Waals surface area (Å²) >= 11 is 0. The van der Waals surface area contributed by atoms with Crippen molar-refractivity contribution in [2.45, 2.75) is 52.5 Å². The van der Waals surface area contributed by atoms with Crippen LogP contribution in [0.5, 0.6) is 0 Å². The summed E-state index contributed by atoms with van der Waals surface area (Å²) in [5, 5.41) is 5.68. The van der Waals surface area contributed by atoms with Crippen molar-refractivity contribution < 1.29 is 9.59 Å². The van der Waals surface area contributed by atoms with Gasteiger partial charge in [0.05, 0.1) is 0 Å². The van der Waals surface area contributed by atoms with E-state index in [2.05, 4.69) is 10.6 Å². The molecule has 1 aliphatic rings. The zero-order chi connectivity index (χ0) is 14.5. The molecule has 0 bridgehead atoms. The second kappa shape index (κ2) is 6.89. The summed E-state index contributed by atoms with van der Waals surface area (Å²) in [7, 11) is 0. The maximum atomic E-state index is 11.9. The number of hydrogen-bond acceptors (Lipinski definition) is 3. The largest absolute Gasteiger partial charge is 0.354 e. The standard InChI is InChI=1S/C14H27N3O2/c1-14(2,3)13(19)17-8-7-16-12(18)10-5-4-6-11(15)9-10/h10-11H,4-9,15H2,1-3H3,(H,16,18)(H,17,19). The molecule has 0 aliphatic heterocycles. The van der Waals surface area contributed by atoms with Crippen LogP contribution in [-0.2, 0) is 9.59 Å². The minimum absolute atomic E-state index is 0.00133. The molecule has 4 N–H and O–H groups in total. The Hall–Kier alpha value is -1.10. The first kappa shape index (κ1) is 16.0. The Labute approximate surface area is 115 Å². The lowest BCUT2D eigenvalue weighted by Crippen LogP contribution is -2.42. The lowest BCUT2D eigenvalue weighted by molar-refractivity contribution is -0.129. The first-order valence-corrected chi connectivity index (χ1v) is 7.12. The van der Waals surface area contributed by atoms with Gasteiger partial charge in [-0.1, -0.05) is 27.2 Å². The van der Waals surface area contributed by atoms with Crippen LogP contribution in [-0.4, -0.2) is 30.9 Å². The van der Waals surface area contributed by atoms with Crippen molar-refractivity contribution >= 4 is 11.8 Å². The summed E-state index contributed by atoms with van der Waals surface area (Å²) in [6.07, 6.45) is 3.75. The highest BCUT2D eigenvalue weighted by atomic mass is 16.2. The normalized spacial score (nSPS) is 23.8. The third-order valence-electron chi connectivity index (χ3n) is 3.48. The Morgan fingerprint density at radius 1 is 1.16 bits per heavy atom. The van der Waals surface area contributed by atoms with Crippen molar-refractivity contribution in [2.75, 3.05) is 13.1 Å². The number of nitrogens with one attached hydrogen (secondary N) is 2. The Bertz CT molecular complexity index is 323. The first-order chi connectivity index (χ1) is 8.80. The van der Waals surface area contributed by atoms with Gasteiger partial charge < -0.3 is 16.4 Å². The molecule has 1 aliphatic carbocycles. The first-order valence-electron chi connectivity index (χ1n) is 7.12. The van der Waals surface area contributed by atoms with Gasteiger partial charge in [0.2, 0.25) is 11.8 Å². The zero-order valence-corrected chi connectivity index (χ0v) is 12.3. The molecule has 5 nitrogen and oxygen atoms in total. The zero-order valence-electron chi connectivity index (χ0n) is 12.3. The smallest absolute Gasteiger partial charge is 0.225 e. The lowest BCUT2D eigenvalue weighted by Gasteiger charge is -2.25. The molecule has 0 aromatic carbocycles. The lowest BCUT2D eigenvalue weighted by atomic mass is 9.85. The molecule has 2 atom stereocenters. The fourth-order valence-electron chi connectivity index (χ4n) is 2.24. The highest BCUT2D eigenvalue weighted by Crippen LogP contribution is 2.22. The highest BCUT2D eigenvalue weighted by Gasteiger charge is 2.25. The topological polar surface area (TPSA) is 84.2 Å². The summed E-state index contributed by atoms with van der Waals surface area (Å²) in [5.74, 6) is 0.115. The Morgan fingerprint density at radius 2 is 1.79 bits per heavy atom. The monoisotopic (exact) mass is 269 g/mol. The van der Waals surface area contributed by atoms with Crippen molar-refractivity contribution in [1.29, 1.82) is 0 Å². The summed E-state index contributed by atoms with van der Waals surface area (Å²) in [6, 6.07) is 0.157. The summed E-state index contributed by atoms with van der Waals surface area (Å²) < 4.78 is 0. The second-order valence-corrected chi connectivity index (χ2v) is 6.42. The summed E-state index contributed by atoms with van der Waals surface area (Å²) in [6.45, 7) is 6.55. The highest BCUT2D eigenvalue weighted by molar-refractivity contribution is 5.81. The van der Waals surface area contributed by atoms with Gasteiger partial charge in [-0.05, 0) is 19.3 Å². The summed E-state index contributed by atoms with van der Waals surface area (Å²) in [5.41, 5.74) is 5.48. The van der Waals surface area contributed by atoms with Gasteiger partial charge in [0.1, 0.15) is 0 Å². The minimum Gasteiger partial charge on any atom is -0.354 e. The van der Waals surface area contributed by atoms with E-state index in [1.54, 1.807) is 0 Å². The van der Waals surface area contributed by atoms with Crippen LogP contribution in [0.4, 0.5) is 0 Å². The van der Waals surface area contributed by atoms with Crippen LogP contribution >= 0.6 is 0 Å². The fraction of sp³-hybridized carbons (Fsp3) is 0.857. The third kappa shape index (κ3) is 5.59.